The summed E-state index contributed by atoms with van der Waals surface area (Å²) in [4.78, 5) is 12.8. The molecule has 0 saturated heterocycles. The number of hydrogen-bond donors (Lipinski definition) is 1. The molecule has 1 aromatic heterocycles. The van der Waals surface area contributed by atoms with Gasteiger partial charge in [0.05, 0.1) is 0 Å². The molecule has 0 fully saturated rings. The minimum absolute atomic E-state index is 0.00266. The Morgan fingerprint density at radius 1 is 1.33 bits per heavy atom. The van der Waals surface area contributed by atoms with Crippen LogP contribution < -0.4 is 5.32 Å². The number of carbonyl (C=O) groups is 1. The fourth-order valence-corrected chi connectivity index (χ4v) is 2.34. The normalized spacial score (nSPS) is 10.3. The third-order valence-corrected chi connectivity index (χ3v) is 3.34. The second kappa shape index (κ2) is 6.26. The number of benzene rings is 1. The maximum Gasteiger partial charge on any atom is 0.226 e. The summed E-state index contributed by atoms with van der Waals surface area (Å²) in [5.74, 6) is 1.37. The van der Waals surface area contributed by atoms with Crippen LogP contribution in [-0.4, -0.2) is 21.4 Å². The molecule has 0 unspecified atom stereocenters. The molecule has 1 N–H and O–H groups in total. The van der Waals surface area contributed by atoms with E-state index in [0.29, 0.717) is 12.2 Å². The minimum atomic E-state index is -0.00266. The zero-order valence-corrected chi connectivity index (χ0v) is 11.0. The summed E-state index contributed by atoms with van der Waals surface area (Å²) in [5, 5.41) is 6.86. The summed E-state index contributed by atoms with van der Waals surface area (Å²) >= 11 is 1.68. The highest BCUT2D eigenvalue weighted by Crippen LogP contribution is 2.17. The van der Waals surface area contributed by atoms with Gasteiger partial charge >= 0.3 is 0 Å². The van der Waals surface area contributed by atoms with Crippen molar-refractivity contribution < 1.29 is 4.79 Å². The van der Waals surface area contributed by atoms with Crippen LogP contribution in [0, 0.1) is 0 Å². The summed E-state index contributed by atoms with van der Waals surface area (Å²) in [6, 6.07) is 11.8. The molecule has 0 aliphatic heterocycles. The smallest absolute Gasteiger partial charge is 0.226 e. The molecular formula is C13H15N3OS. The number of anilines is 1. The SMILES string of the molecule is Cn1ccc(NC(=O)CCSc2ccccc2)n1. The summed E-state index contributed by atoms with van der Waals surface area (Å²) in [6.45, 7) is 0. The first kappa shape index (κ1) is 12.7. The lowest BCUT2D eigenvalue weighted by molar-refractivity contribution is -0.115. The van der Waals surface area contributed by atoms with Gasteiger partial charge in [-0.1, -0.05) is 18.2 Å². The van der Waals surface area contributed by atoms with Gasteiger partial charge in [0.1, 0.15) is 0 Å². The standard InChI is InChI=1S/C13H15N3OS/c1-16-9-7-12(15-16)14-13(17)8-10-18-11-5-3-2-4-6-11/h2-7,9H,8,10H2,1H3,(H,14,15,17). The van der Waals surface area contributed by atoms with Gasteiger partial charge in [-0.15, -0.1) is 11.8 Å². The average molecular weight is 261 g/mol. The van der Waals surface area contributed by atoms with E-state index in [9.17, 15) is 4.79 Å². The average Bonchev–Trinajstić information content (AvgIpc) is 2.76. The van der Waals surface area contributed by atoms with Crippen molar-refractivity contribution in [2.45, 2.75) is 11.3 Å². The molecule has 2 aromatic rings. The maximum absolute atomic E-state index is 11.6. The third-order valence-electron chi connectivity index (χ3n) is 2.32. The van der Waals surface area contributed by atoms with Crippen LogP contribution in [0.2, 0.25) is 0 Å². The number of amides is 1. The molecule has 0 bridgehead atoms. The van der Waals surface area contributed by atoms with Crippen LogP contribution >= 0.6 is 11.8 Å². The van der Waals surface area contributed by atoms with Crippen LogP contribution in [0.5, 0.6) is 0 Å². The molecule has 0 atom stereocenters. The van der Waals surface area contributed by atoms with E-state index in [0.717, 1.165) is 5.75 Å². The summed E-state index contributed by atoms with van der Waals surface area (Å²) < 4.78 is 1.66. The Morgan fingerprint density at radius 2 is 2.11 bits per heavy atom. The van der Waals surface area contributed by atoms with E-state index in [1.54, 1.807) is 28.7 Å². The highest BCUT2D eigenvalue weighted by molar-refractivity contribution is 7.99. The van der Waals surface area contributed by atoms with Gasteiger partial charge in [-0.3, -0.25) is 9.48 Å². The Hall–Kier alpha value is -1.75. The van der Waals surface area contributed by atoms with E-state index in [1.807, 2.05) is 37.4 Å². The Labute approximate surface area is 110 Å². The van der Waals surface area contributed by atoms with Gasteiger partial charge in [-0.25, -0.2) is 0 Å². The van der Waals surface area contributed by atoms with Gasteiger partial charge in [0, 0.05) is 36.4 Å². The molecule has 5 heteroatoms. The van der Waals surface area contributed by atoms with Crippen molar-refractivity contribution in [1.29, 1.82) is 0 Å². The molecule has 4 nitrogen and oxygen atoms in total. The van der Waals surface area contributed by atoms with Gasteiger partial charge in [-0.05, 0) is 12.1 Å². The molecular weight excluding hydrogens is 246 g/mol. The van der Waals surface area contributed by atoms with Crippen LogP contribution in [-0.2, 0) is 11.8 Å². The van der Waals surface area contributed by atoms with Crippen molar-refractivity contribution in [2.75, 3.05) is 11.1 Å². The molecule has 0 saturated carbocycles. The van der Waals surface area contributed by atoms with E-state index in [1.165, 1.54) is 4.90 Å². The molecule has 0 spiro atoms. The summed E-state index contributed by atoms with van der Waals surface area (Å²) in [7, 11) is 1.82. The quantitative estimate of drug-likeness (QED) is 0.841. The minimum Gasteiger partial charge on any atom is -0.309 e. The second-order valence-corrected chi connectivity index (χ2v) is 5.00. The molecule has 1 aromatic carbocycles. The number of hydrogen-bond acceptors (Lipinski definition) is 3. The van der Waals surface area contributed by atoms with Crippen molar-refractivity contribution in [3.8, 4) is 0 Å². The zero-order valence-electron chi connectivity index (χ0n) is 10.2. The molecule has 1 heterocycles. The third kappa shape index (κ3) is 3.92. The van der Waals surface area contributed by atoms with E-state index in [2.05, 4.69) is 10.4 Å². The maximum atomic E-state index is 11.6. The first-order valence-corrected chi connectivity index (χ1v) is 6.70. The first-order chi connectivity index (χ1) is 8.74. The van der Waals surface area contributed by atoms with E-state index in [4.69, 9.17) is 0 Å². The van der Waals surface area contributed by atoms with E-state index in [-0.39, 0.29) is 5.91 Å². The Morgan fingerprint density at radius 3 is 2.78 bits per heavy atom. The predicted molar refractivity (Wildman–Crippen MR) is 73.6 cm³/mol. The van der Waals surface area contributed by atoms with Gasteiger partial charge in [0.2, 0.25) is 5.91 Å². The number of thioether (sulfide) groups is 1. The monoisotopic (exact) mass is 261 g/mol. The van der Waals surface area contributed by atoms with E-state index >= 15 is 0 Å². The lowest BCUT2D eigenvalue weighted by Crippen LogP contribution is -2.12. The first-order valence-electron chi connectivity index (χ1n) is 5.71. The molecule has 18 heavy (non-hydrogen) atoms. The molecule has 0 radical (unpaired) electrons. The van der Waals surface area contributed by atoms with Crippen molar-refractivity contribution in [1.82, 2.24) is 9.78 Å². The van der Waals surface area contributed by atoms with Crippen LogP contribution in [0.1, 0.15) is 6.42 Å². The number of aryl methyl sites for hydroxylation is 1. The highest BCUT2D eigenvalue weighted by Gasteiger charge is 2.04. The van der Waals surface area contributed by atoms with Gasteiger partial charge in [0.15, 0.2) is 5.82 Å². The van der Waals surface area contributed by atoms with Crippen molar-refractivity contribution in [2.24, 2.45) is 7.05 Å². The second-order valence-electron chi connectivity index (χ2n) is 3.83. The number of rotatable bonds is 5. The molecule has 1 amide bonds. The summed E-state index contributed by atoms with van der Waals surface area (Å²) in [6.07, 6.45) is 2.28. The number of nitrogens with zero attached hydrogens (tertiary/aromatic N) is 2. The Bertz CT molecular complexity index is 510. The van der Waals surface area contributed by atoms with Crippen LogP contribution in [0.15, 0.2) is 47.5 Å². The predicted octanol–water partition coefficient (Wildman–Crippen LogP) is 2.54. The highest BCUT2D eigenvalue weighted by atomic mass is 32.2. The van der Waals surface area contributed by atoms with Crippen molar-refractivity contribution in [3.63, 3.8) is 0 Å². The fraction of sp³-hybridized carbons (Fsp3) is 0.231. The van der Waals surface area contributed by atoms with Crippen molar-refractivity contribution >= 4 is 23.5 Å². The Balaban J connectivity index is 1.72. The van der Waals surface area contributed by atoms with Crippen molar-refractivity contribution in [3.05, 3.63) is 42.6 Å². The molecule has 0 aliphatic rings. The zero-order chi connectivity index (χ0) is 12.8. The van der Waals surface area contributed by atoms with Gasteiger partial charge in [0.25, 0.3) is 0 Å². The lowest BCUT2D eigenvalue weighted by Gasteiger charge is -2.02. The van der Waals surface area contributed by atoms with Gasteiger partial charge in [-0.2, -0.15) is 5.10 Å². The number of aromatic nitrogens is 2. The number of carbonyl (C=O) groups excluding carboxylic acids is 1. The van der Waals surface area contributed by atoms with Gasteiger partial charge < -0.3 is 5.32 Å². The number of nitrogens with one attached hydrogen (secondary N) is 1. The van der Waals surface area contributed by atoms with E-state index < -0.39 is 0 Å². The largest absolute Gasteiger partial charge is 0.309 e. The topological polar surface area (TPSA) is 46.9 Å². The van der Waals surface area contributed by atoms with Crippen LogP contribution in [0.3, 0.4) is 0 Å². The molecule has 0 aliphatic carbocycles. The molecule has 94 valence electrons. The fourth-order valence-electron chi connectivity index (χ4n) is 1.47. The Kier molecular flexibility index (Phi) is 4.41. The summed E-state index contributed by atoms with van der Waals surface area (Å²) in [5.41, 5.74) is 0. The lowest BCUT2D eigenvalue weighted by atomic mass is 10.4. The molecule has 2 rings (SSSR count). The van der Waals surface area contributed by atoms with Crippen LogP contribution in [0.25, 0.3) is 0 Å². The van der Waals surface area contributed by atoms with Crippen LogP contribution in [0.4, 0.5) is 5.82 Å².